The number of anilines is 1. The van der Waals surface area contributed by atoms with Crippen LogP contribution in [0.2, 0.25) is 0 Å². The molecule has 1 atom stereocenters. The van der Waals surface area contributed by atoms with E-state index in [0.717, 1.165) is 17.1 Å². The monoisotopic (exact) mass is 295 g/mol. The summed E-state index contributed by atoms with van der Waals surface area (Å²) >= 11 is 3.61. The number of hydrogen-bond acceptors (Lipinski definition) is 3. The molecule has 4 heteroatoms. The van der Waals surface area contributed by atoms with Gasteiger partial charge in [0.1, 0.15) is 0 Å². The number of halogens is 1. The highest BCUT2D eigenvalue weighted by Crippen LogP contribution is 2.29. The first-order chi connectivity index (χ1) is 8.34. The van der Waals surface area contributed by atoms with Crippen molar-refractivity contribution < 1.29 is 0 Å². The minimum atomic E-state index is 0.762. The molecule has 3 heterocycles. The molecule has 1 unspecified atom stereocenters. The minimum absolute atomic E-state index is 0.762. The van der Waals surface area contributed by atoms with Crippen LogP contribution in [0, 0.1) is 0 Å². The predicted molar refractivity (Wildman–Crippen MR) is 73.4 cm³/mol. The standard InChI is InChI=1S/C13H18BrN3/c14-12-9-15-5-4-13(12)17-8-2-7-16-6-1-3-11(16)10-17/h4-5,9,11H,1-3,6-8,10H2. The Morgan fingerprint density at radius 3 is 3.00 bits per heavy atom. The third-order valence-corrected chi connectivity index (χ3v) is 4.51. The van der Waals surface area contributed by atoms with Gasteiger partial charge >= 0.3 is 0 Å². The highest BCUT2D eigenvalue weighted by Gasteiger charge is 2.29. The second kappa shape index (κ2) is 4.94. The zero-order chi connectivity index (χ0) is 11.7. The van der Waals surface area contributed by atoms with Gasteiger partial charge in [-0.3, -0.25) is 9.88 Å². The number of rotatable bonds is 1. The van der Waals surface area contributed by atoms with E-state index in [9.17, 15) is 0 Å². The van der Waals surface area contributed by atoms with Crippen molar-refractivity contribution in [2.24, 2.45) is 0 Å². The summed E-state index contributed by atoms with van der Waals surface area (Å²) in [5.41, 5.74) is 1.30. The van der Waals surface area contributed by atoms with E-state index in [2.05, 4.69) is 36.8 Å². The third-order valence-electron chi connectivity index (χ3n) is 3.90. The Labute approximate surface area is 111 Å². The molecule has 3 rings (SSSR count). The number of pyridine rings is 1. The van der Waals surface area contributed by atoms with E-state index in [1.54, 1.807) is 0 Å². The summed E-state index contributed by atoms with van der Waals surface area (Å²) in [5, 5.41) is 0. The van der Waals surface area contributed by atoms with Crippen LogP contribution in [0.15, 0.2) is 22.9 Å². The zero-order valence-corrected chi connectivity index (χ0v) is 11.6. The van der Waals surface area contributed by atoms with Crippen molar-refractivity contribution in [2.75, 3.05) is 31.1 Å². The number of hydrogen-bond donors (Lipinski definition) is 0. The molecule has 2 saturated heterocycles. The number of nitrogens with zero attached hydrogens (tertiary/aromatic N) is 3. The van der Waals surface area contributed by atoms with Gasteiger partial charge in [0.15, 0.2) is 0 Å². The molecule has 3 nitrogen and oxygen atoms in total. The van der Waals surface area contributed by atoms with Gasteiger partial charge in [-0.1, -0.05) is 0 Å². The van der Waals surface area contributed by atoms with E-state index in [-0.39, 0.29) is 0 Å². The molecule has 17 heavy (non-hydrogen) atoms. The number of aromatic nitrogens is 1. The second-order valence-electron chi connectivity index (χ2n) is 4.96. The van der Waals surface area contributed by atoms with E-state index in [1.165, 1.54) is 44.6 Å². The largest absolute Gasteiger partial charge is 0.369 e. The molecule has 0 amide bonds. The van der Waals surface area contributed by atoms with Crippen molar-refractivity contribution in [3.8, 4) is 0 Å². The number of fused-ring (bicyclic) bond motifs is 1. The van der Waals surface area contributed by atoms with Crippen LogP contribution in [0.4, 0.5) is 5.69 Å². The van der Waals surface area contributed by atoms with E-state index < -0.39 is 0 Å². The topological polar surface area (TPSA) is 19.4 Å². The van der Waals surface area contributed by atoms with Crippen molar-refractivity contribution in [2.45, 2.75) is 25.3 Å². The van der Waals surface area contributed by atoms with Crippen molar-refractivity contribution in [3.63, 3.8) is 0 Å². The summed E-state index contributed by atoms with van der Waals surface area (Å²) in [6, 6.07) is 2.88. The van der Waals surface area contributed by atoms with Gasteiger partial charge in [-0.15, -0.1) is 0 Å². The molecule has 1 aromatic rings. The molecule has 0 N–H and O–H groups in total. The average molecular weight is 296 g/mol. The van der Waals surface area contributed by atoms with Crippen molar-refractivity contribution in [3.05, 3.63) is 22.9 Å². The van der Waals surface area contributed by atoms with Gasteiger partial charge < -0.3 is 4.90 Å². The van der Waals surface area contributed by atoms with Crippen molar-refractivity contribution in [1.29, 1.82) is 0 Å². The van der Waals surface area contributed by atoms with Gasteiger partial charge in [-0.25, -0.2) is 0 Å². The van der Waals surface area contributed by atoms with Crippen molar-refractivity contribution in [1.82, 2.24) is 9.88 Å². The van der Waals surface area contributed by atoms with Gasteiger partial charge in [0.25, 0.3) is 0 Å². The van der Waals surface area contributed by atoms with Crippen LogP contribution in [0.1, 0.15) is 19.3 Å². The van der Waals surface area contributed by atoms with Crippen LogP contribution in [0.5, 0.6) is 0 Å². The molecule has 92 valence electrons. The lowest BCUT2D eigenvalue weighted by Gasteiger charge is -2.27. The predicted octanol–water partition coefficient (Wildman–Crippen LogP) is 2.52. The van der Waals surface area contributed by atoms with Gasteiger partial charge in [-0.05, 0) is 47.8 Å². The normalized spacial score (nSPS) is 25.7. The fraction of sp³-hybridized carbons (Fsp3) is 0.615. The Morgan fingerprint density at radius 1 is 1.24 bits per heavy atom. The SMILES string of the molecule is Brc1cnccc1N1CCCN2CCCC2C1. The molecule has 2 aliphatic heterocycles. The molecule has 0 aromatic carbocycles. The molecule has 1 aromatic heterocycles. The molecular formula is C13H18BrN3. The summed E-state index contributed by atoms with van der Waals surface area (Å²) in [4.78, 5) is 9.32. The summed E-state index contributed by atoms with van der Waals surface area (Å²) in [7, 11) is 0. The maximum Gasteiger partial charge on any atom is 0.0592 e. The van der Waals surface area contributed by atoms with Gasteiger partial charge in [-0.2, -0.15) is 0 Å². The van der Waals surface area contributed by atoms with E-state index >= 15 is 0 Å². The zero-order valence-electron chi connectivity index (χ0n) is 9.98. The molecule has 0 saturated carbocycles. The highest BCUT2D eigenvalue weighted by molar-refractivity contribution is 9.10. The molecule has 0 spiro atoms. The van der Waals surface area contributed by atoms with Gasteiger partial charge in [0, 0.05) is 38.1 Å². The average Bonchev–Trinajstić information content (AvgIpc) is 2.68. The Kier molecular flexibility index (Phi) is 3.34. The van der Waals surface area contributed by atoms with Crippen LogP contribution in [-0.2, 0) is 0 Å². The maximum atomic E-state index is 4.15. The fourth-order valence-corrected chi connectivity index (χ4v) is 3.55. The molecule has 0 radical (unpaired) electrons. The van der Waals surface area contributed by atoms with Gasteiger partial charge in [0.2, 0.25) is 0 Å². The maximum absolute atomic E-state index is 4.15. The van der Waals surface area contributed by atoms with Gasteiger partial charge in [0.05, 0.1) is 10.2 Å². The first-order valence-corrected chi connectivity index (χ1v) is 7.22. The highest BCUT2D eigenvalue weighted by atomic mass is 79.9. The first kappa shape index (κ1) is 11.5. The molecule has 2 aliphatic rings. The quantitative estimate of drug-likeness (QED) is 0.794. The van der Waals surface area contributed by atoms with E-state index in [1.807, 2.05) is 12.4 Å². The fourth-order valence-electron chi connectivity index (χ4n) is 3.05. The van der Waals surface area contributed by atoms with Crippen LogP contribution in [-0.4, -0.2) is 42.1 Å². The lowest BCUT2D eigenvalue weighted by Crippen LogP contribution is -2.36. The molecule has 0 aliphatic carbocycles. The Morgan fingerprint density at radius 2 is 2.12 bits per heavy atom. The lowest BCUT2D eigenvalue weighted by molar-refractivity contribution is 0.273. The van der Waals surface area contributed by atoms with E-state index in [0.29, 0.717) is 0 Å². The minimum Gasteiger partial charge on any atom is -0.369 e. The third kappa shape index (κ3) is 2.33. The summed E-state index contributed by atoms with van der Waals surface area (Å²) in [6.45, 7) is 4.90. The molecule has 0 bridgehead atoms. The Hall–Kier alpha value is -0.610. The molecular weight excluding hydrogens is 278 g/mol. The smallest absolute Gasteiger partial charge is 0.0592 e. The van der Waals surface area contributed by atoms with Crippen LogP contribution < -0.4 is 4.90 Å². The van der Waals surface area contributed by atoms with Crippen LogP contribution in [0.3, 0.4) is 0 Å². The summed E-state index contributed by atoms with van der Waals surface area (Å²) in [6.07, 6.45) is 7.78. The van der Waals surface area contributed by atoms with Crippen LogP contribution >= 0.6 is 15.9 Å². The Balaban J connectivity index is 1.81. The summed E-state index contributed by atoms with van der Waals surface area (Å²) < 4.78 is 1.12. The Bertz CT molecular complexity index is 396. The second-order valence-corrected chi connectivity index (χ2v) is 5.81. The van der Waals surface area contributed by atoms with Crippen LogP contribution in [0.25, 0.3) is 0 Å². The summed E-state index contributed by atoms with van der Waals surface area (Å²) in [5.74, 6) is 0. The first-order valence-electron chi connectivity index (χ1n) is 6.43. The van der Waals surface area contributed by atoms with Crippen molar-refractivity contribution >= 4 is 21.6 Å². The molecule has 2 fully saturated rings. The lowest BCUT2D eigenvalue weighted by atomic mass is 10.2. The van der Waals surface area contributed by atoms with E-state index in [4.69, 9.17) is 0 Å².